The number of hydrogen-bond donors (Lipinski definition) is 2. The van der Waals surface area contributed by atoms with Crippen LogP contribution in [-0.2, 0) is 0 Å². The molecule has 0 fully saturated rings. The summed E-state index contributed by atoms with van der Waals surface area (Å²) in [6, 6.07) is 0. The molecule has 0 heterocycles. The molecule has 0 unspecified atom stereocenters. The van der Waals surface area contributed by atoms with E-state index in [-0.39, 0.29) is 4.87 Å². The first kappa shape index (κ1) is 10.6. The summed E-state index contributed by atoms with van der Waals surface area (Å²) >= 11 is 0. The Balaban J connectivity index is 3.04. The van der Waals surface area contributed by atoms with Crippen molar-refractivity contribution in [3.05, 3.63) is 0 Å². The highest BCUT2D eigenvalue weighted by atomic mass is 33.1. The van der Waals surface area contributed by atoms with Gasteiger partial charge in [0.05, 0.1) is 4.87 Å². The predicted octanol–water partition coefficient (Wildman–Crippen LogP) is 1.28. The molecule has 0 aliphatic carbocycles. The van der Waals surface area contributed by atoms with Gasteiger partial charge in [0, 0.05) is 12.3 Å². The molecule has 0 saturated heterocycles. The number of nitrogens with one attached hydrogen (secondary N) is 1. The van der Waals surface area contributed by atoms with Gasteiger partial charge in [0.1, 0.15) is 0 Å². The second-order valence-electron chi connectivity index (χ2n) is 2.61. The number of hydrogen-bond acceptors (Lipinski definition) is 4. The first-order valence-corrected chi connectivity index (χ1v) is 5.62. The van der Waals surface area contributed by atoms with Crippen LogP contribution in [0.1, 0.15) is 13.8 Å². The lowest BCUT2D eigenvalue weighted by Crippen LogP contribution is -2.26. The van der Waals surface area contributed by atoms with E-state index in [9.17, 15) is 0 Å². The van der Waals surface area contributed by atoms with Crippen molar-refractivity contribution >= 4 is 21.6 Å². The van der Waals surface area contributed by atoms with Crippen molar-refractivity contribution in [3.8, 4) is 0 Å². The Morgan fingerprint density at radius 3 is 2.50 bits per heavy atom. The molecule has 2 nitrogen and oxygen atoms in total. The standard InChI is InChI=1S/C6H16N2S2/c1-6(2,7)10-9-5-4-8-3/h8H,4-5,7H2,1-3H3. The Hall–Kier alpha value is 0.620. The van der Waals surface area contributed by atoms with Crippen LogP contribution in [0.2, 0.25) is 0 Å². The van der Waals surface area contributed by atoms with Crippen molar-refractivity contribution in [1.82, 2.24) is 5.32 Å². The summed E-state index contributed by atoms with van der Waals surface area (Å²) in [5, 5.41) is 3.08. The number of rotatable bonds is 5. The monoisotopic (exact) mass is 180 g/mol. The van der Waals surface area contributed by atoms with Crippen LogP contribution in [0.25, 0.3) is 0 Å². The molecule has 0 rings (SSSR count). The third-order valence-corrected chi connectivity index (χ3v) is 3.77. The van der Waals surface area contributed by atoms with Crippen molar-refractivity contribution in [2.45, 2.75) is 18.7 Å². The quantitative estimate of drug-likeness (QED) is 0.380. The van der Waals surface area contributed by atoms with E-state index in [2.05, 4.69) is 5.32 Å². The zero-order chi connectivity index (χ0) is 8.04. The summed E-state index contributed by atoms with van der Waals surface area (Å²) in [5.74, 6) is 1.11. The second-order valence-corrected chi connectivity index (χ2v) is 5.68. The summed E-state index contributed by atoms with van der Waals surface area (Å²) in [6.07, 6.45) is 0. The molecular formula is C6H16N2S2. The molecule has 62 valence electrons. The third-order valence-electron chi connectivity index (χ3n) is 0.709. The molecule has 10 heavy (non-hydrogen) atoms. The largest absolute Gasteiger partial charge is 0.319 e. The normalized spacial score (nSPS) is 12.0. The molecular weight excluding hydrogens is 164 g/mol. The van der Waals surface area contributed by atoms with Gasteiger partial charge in [0.15, 0.2) is 0 Å². The van der Waals surface area contributed by atoms with Crippen LogP contribution in [0.5, 0.6) is 0 Å². The average Bonchev–Trinajstić information content (AvgIpc) is 1.78. The minimum absolute atomic E-state index is 0.0988. The maximum Gasteiger partial charge on any atom is 0.0666 e. The first-order chi connectivity index (χ1) is 4.56. The van der Waals surface area contributed by atoms with Gasteiger partial charge in [0.25, 0.3) is 0 Å². The maximum absolute atomic E-state index is 5.74. The second kappa shape index (κ2) is 5.29. The minimum Gasteiger partial charge on any atom is -0.319 e. The molecule has 4 heteroatoms. The van der Waals surface area contributed by atoms with Gasteiger partial charge in [-0.25, -0.2) is 0 Å². The molecule has 0 aromatic carbocycles. The van der Waals surface area contributed by atoms with Gasteiger partial charge < -0.3 is 11.1 Å². The maximum atomic E-state index is 5.74. The highest BCUT2D eigenvalue weighted by Crippen LogP contribution is 2.30. The van der Waals surface area contributed by atoms with Gasteiger partial charge in [-0.3, -0.25) is 0 Å². The Morgan fingerprint density at radius 1 is 1.50 bits per heavy atom. The van der Waals surface area contributed by atoms with Gasteiger partial charge in [0.2, 0.25) is 0 Å². The topological polar surface area (TPSA) is 38.0 Å². The lowest BCUT2D eigenvalue weighted by atomic mass is 10.4. The molecule has 0 aliphatic heterocycles. The molecule has 0 aromatic rings. The van der Waals surface area contributed by atoms with E-state index < -0.39 is 0 Å². The fourth-order valence-corrected chi connectivity index (χ4v) is 2.42. The van der Waals surface area contributed by atoms with Crippen LogP contribution in [0.3, 0.4) is 0 Å². The third kappa shape index (κ3) is 8.62. The van der Waals surface area contributed by atoms with E-state index in [1.165, 1.54) is 0 Å². The van der Waals surface area contributed by atoms with E-state index in [0.29, 0.717) is 0 Å². The zero-order valence-electron chi connectivity index (χ0n) is 6.81. The molecule has 0 aromatic heterocycles. The summed E-state index contributed by atoms with van der Waals surface area (Å²) < 4.78 is 0. The van der Waals surface area contributed by atoms with Crippen LogP contribution in [0.4, 0.5) is 0 Å². The minimum atomic E-state index is -0.0988. The molecule has 0 aliphatic rings. The highest BCUT2D eigenvalue weighted by molar-refractivity contribution is 8.77. The SMILES string of the molecule is CNCCSSC(C)(C)N. The smallest absolute Gasteiger partial charge is 0.0666 e. The molecule has 0 atom stereocenters. The molecule has 0 radical (unpaired) electrons. The van der Waals surface area contributed by atoms with E-state index in [1.807, 2.05) is 31.7 Å². The van der Waals surface area contributed by atoms with E-state index >= 15 is 0 Å². The van der Waals surface area contributed by atoms with Gasteiger partial charge in [-0.1, -0.05) is 21.6 Å². The van der Waals surface area contributed by atoms with Crippen molar-refractivity contribution in [2.24, 2.45) is 5.73 Å². The Morgan fingerprint density at radius 2 is 2.10 bits per heavy atom. The zero-order valence-corrected chi connectivity index (χ0v) is 8.44. The summed E-state index contributed by atoms with van der Waals surface area (Å²) in [6.45, 7) is 5.09. The number of nitrogens with two attached hydrogens (primary N) is 1. The van der Waals surface area contributed by atoms with Crippen LogP contribution in [-0.4, -0.2) is 24.2 Å². The predicted molar refractivity (Wildman–Crippen MR) is 52.2 cm³/mol. The highest BCUT2D eigenvalue weighted by Gasteiger charge is 2.10. The Bertz CT molecular complexity index is 80.3. The molecule has 0 amide bonds. The molecule has 0 saturated carbocycles. The van der Waals surface area contributed by atoms with Crippen molar-refractivity contribution in [1.29, 1.82) is 0 Å². The average molecular weight is 180 g/mol. The van der Waals surface area contributed by atoms with Gasteiger partial charge in [-0.2, -0.15) is 0 Å². The Kier molecular flexibility index (Phi) is 5.62. The first-order valence-electron chi connectivity index (χ1n) is 3.30. The van der Waals surface area contributed by atoms with Crippen molar-refractivity contribution in [3.63, 3.8) is 0 Å². The fourth-order valence-electron chi connectivity index (χ4n) is 0.337. The molecule has 0 bridgehead atoms. The van der Waals surface area contributed by atoms with Crippen LogP contribution in [0.15, 0.2) is 0 Å². The Labute approximate surface area is 71.1 Å². The van der Waals surface area contributed by atoms with Crippen molar-refractivity contribution < 1.29 is 0 Å². The van der Waals surface area contributed by atoms with Crippen LogP contribution in [0, 0.1) is 0 Å². The molecule has 3 N–H and O–H groups in total. The van der Waals surface area contributed by atoms with Crippen molar-refractivity contribution in [2.75, 3.05) is 19.3 Å². The van der Waals surface area contributed by atoms with Crippen LogP contribution < -0.4 is 11.1 Å². The molecule has 0 spiro atoms. The summed E-state index contributed by atoms with van der Waals surface area (Å²) in [7, 11) is 5.50. The van der Waals surface area contributed by atoms with Gasteiger partial charge in [-0.05, 0) is 20.9 Å². The van der Waals surface area contributed by atoms with E-state index in [0.717, 1.165) is 12.3 Å². The lowest BCUT2D eigenvalue weighted by molar-refractivity contribution is 0.765. The summed E-state index contributed by atoms with van der Waals surface area (Å²) in [4.78, 5) is -0.0988. The van der Waals surface area contributed by atoms with Gasteiger partial charge >= 0.3 is 0 Å². The fraction of sp³-hybridized carbons (Fsp3) is 1.00. The van der Waals surface area contributed by atoms with E-state index in [1.54, 1.807) is 10.8 Å². The lowest BCUT2D eigenvalue weighted by Gasteiger charge is -2.15. The van der Waals surface area contributed by atoms with E-state index in [4.69, 9.17) is 5.73 Å². The van der Waals surface area contributed by atoms with Gasteiger partial charge in [-0.15, -0.1) is 0 Å². The summed E-state index contributed by atoms with van der Waals surface area (Å²) in [5.41, 5.74) is 5.74. The van der Waals surface area contributed by atoms with Crippen LogP contribution >= 0.6 is 21.6 Å².